The number of nitrogens with zero attached hydrogens (tertiary/aromatic N) is 1. The van der Waals surface area contributed by atoms with Crippen molar-refractivity contribution in [2.24, 2.45) is 10.7 Å². The molecule has 11 heavy (non-hydrogen) atoms. The van der Waals surface area contributed by atoms with Crippen LogP contribution in [0.5, 0.6) is 0 Å². The highest BCUT2D eigenvalue weighted by atomic mass is 19.4. The first-order chi connectivity index (χ1) is 5.00. The molecule has 0 spiro atoms. The molecule has 0 aromatic heterocycles. The van der Waals surface area contributed by atoms with Gasteiger partial charge in [-0.15, -0.1) is 0 Å². The SMILES string of the molecule is NC1=NC(C(F)(F)F)CCO1. The third-order valence-electron chi connectivity index (χ3n) is 1.30. The lowest BCUT2D eigenvalue weighted by atomic mass is 10.2. The number of ether oxygens (including phenoxy) is 1. The fraction of sp³-hybridized carbons (Fsp3) is 0.800. The maximum Gasteiger partial charge on any atom is 0.411 e. The molecule has 0 aromatic carbocycles. The zero-order chi connectivity index (χ0) is 8.48. The summed E-state index contributed by atoms with van der Waals surface area (Å²) in [5, 5.41) is 0. The molecule has 0 amide bonds. The molecule has 0 fully saturated rings. The van der Waals surface area contributed by atoms with Gasteiger partial charge in [-0.05, 0) is 0 Å². The van der Waals surface area contributed by atoms with Gasteiger partial charge in [0.05, 0.1) is 6.61 Å². The first-order valence-corrected chi connectivity index (χ1v) is 3.03. The number of amidine groups is 1. The van der Waals surface area contributed by atoms with E-state index in [1.165, 1.54) is 0 Å². The van der Waals surface area contributed by atoms with Crippen LogP contribution in [0.4, 0.5) is 13.2 Å². The zero-order valence-electron chi connectivity index (χ0n) is 5.56. The summed E-state index contributed by atoms with van der Waals surface area (Å²) in [5.41, 5.74) is 4.95. The van der Waals surface area contributed by atoms with Gasteiger partial charge >= 0.3 is 6.18 Å². The third-order valence-corrected chi connectivity index (χ3v) is 1.30. The molecule has 64 valence electrons. The van der Waals surface area contributed by atoms with Crippen LogP contribution in [0.1, 0.15) is 6.42 Å². The number of nitrogens with two attached hydrogens (primary N) is 1. The van der Waals surface area contributed by atoms with Crippen LogP contribution in [-0.4, -0.2) is 24.8 Å². The Hall–Kier alpha value is -0.940. The molecule has 1 heterocycles. The molecule has 1 atom stereocenters. The van der Waals surface area contributed by atoms with Gasteiger partial charge in [-0.2, -0.15) is 13.2 Å². The van der Waals surface area contributed by atoms with Crippen molar-refractivity contribution < 1.29 is 17.9 Å². The van der Waals surface area contributed by atoms with Crippen molar-refractivity contribution in [1.82, 2.24) is 0 Å². The summed E-state index contributed by atoms with van der Waals surface area (Å²) in [6.07, 6.45) is -4.45. The van der Waals surface area contributed by atoms with Crippen LogP contribution in [0.15, 0.2) is 4.99 Å². The quantitative estimate of drug-likeness (QED) is 0.577. The Morgan fingerprint density at radius 2 is 2.18 bits per heavy atom. The molecular formula is C5H7F3N2O. The second-order valence-electron chi connectivity index (χ2n) is 2.16. The lowest BCUT2D eigenvalue weighted by Gasteiger charge is -2.20. The van der Waals surface area contributed by atoms with E-state index in [1.807, 2.05) is 0 Å². The Kier molecular flexibility index (Phi) is 1.92. The number of halogens is 3. The number of alkyl halides is 3. The molecule has 0 radical (unpaired) electrons. The van der Waals surface area contributed by atoms with E-state index in [1.54, 1.807) is 0 Å². The highest BCUT2D eigenvalue weighted by Gasteiger charge is 2.41. The highest BCUT2D eigenvalue weighted by Crippen LogP contribution is 2.26. The lowest BCUT2D eigenvalue weighted by Crippen LogP contribution is -2.36. The Morgan fingerprint density at radius 1 is 1.55 bits per heavy atom. The minimum atomic E-state index is -4.30. The van der Waals surface area contributed by atoms with Crippen molar-refractivity contribution in [3.63, 3.8) is 0 Å². The summed E-state index contributed by atoms with van der Waals surface area (Å²) in [6, 6.07) is -2.06. The molecule has 1 aliphatic heterocycles. The molecule has 6 heteroatoms. The maximum atomic E-state index is 11.9. The number of hydrogen-bond acceptors (Lipinski definition) is 3. The molecule has 2 N–H and O–H groups in total. The van der Waals surface area contributed by atoms with E-state index in [0.717, 1.165) is 0 Å². The van der Waals surface area contributed by atoms with Crippen LogP contribution in [0.25, 0.3) is 0 Å². The second kappa shape index (κ2) is 2.60. The van der Waals surface area contributed by atoms with Gasteiger partial charge in [0.25, 0.3) is 6.02 Å². The van der Waals surface area contributed by atoms with Gasteiger partial charge in [0.2, 0.25) is 0 Å². The summed E-state index contributed by atoms with van der Waals surface area (Å²) < 4.78 is 40.2. The number of aliphatic imine (C=N–C) groups is 1. The summed E-state index contributed by atoms with van der Waals surface area (Å²) >= 11 is 0. The van der Waals surface area contributed by atoms with Gasteiger partial charge in [0.1, 0.15) is 0 Å². The van der Waals surface area contributed by atoms with Crippen molar-refractivity contribution in [2.45, 2.75) is 18.6 Å². The fourth-order valence-electron chi connectivity index (χ4n) is 0.767. The van der Waals surface area contributed by atoms with Crippen LogP contribution >= 0.6 is 0 Å². The number of rotatable bonds is 0. The predicted molar refractivity (Wildman–Crippen MR) is 32.0 cm³/mol. The minimum absolute atomic E-state index is 0.0144. The summed E-state index contributed by atoms with van der Waals surface area (Å²) in [5.74, 6) is 0. The van der Waals surface area contributed by atoms with Crippen molar-refractivity contribution in [1.29, 1.82) is 0 Å². The molecule has 0 aromatic rings. The van der Waals surface area contributed by atoms with Gasteiger partial charge in [0.15, 0.2) is 6.04 Å². The molecule has 1 unspecified atom stereocenters. The van der Waals surface area contributed by atoms with Gasteiger partial charge < -0.3 is 10.5 Å². The highest BCUT2D eigenvalue weighted by molar-refractivity contribution is 5.72. The molecule has 0 saturated carbocycles. The monoisotopic (exact) mass is 168 g/mol. The number of hydrogen-bond donors (Lipinski definition) is 1. The van der Waals surface area contributed by atoms with Gasteiger partial charge in [-0.25, -0.2) is 4.99 Å². The van der Waals surface area contributed by atoms with Gasteiger partial charge in [0, 0.05) is 6.42 Å². The van der Waals surface area contributed by atoms with Crippen LogP contribution in [0.2, 0.25) is 0 Å². The average molecular weight is 168 g/mol. The summed E-state index contributed by atoms with van der Waals surface area (Å²) in [4.78, 5) is 3.10. The van der Waals surface area contributed by atoms with E-state index in [2.05, 4.69) is 9.73 Å². The maximum absolute atomic E-state index is 11.9. The van der Waals surface area contributed by atoms with E-state index < -0.39 is 12.2 Å². The van der Waals surface area contributed by atoms with Crippen molar-refractivity contribution >= 4 is 6.02 Å². The van der Waals surface area contributed by atoms with Crippen molar-refractivity contribution in [2.75, 3.05) is 6.61 Å². The van der Waals surface area contributed by atoms with Gasteiger partial charge in [-0.1, -0.05) is 0 Å². The molecule has 0 saturated heterocycles. The predicted octanol–water partition coefficient (Wildman–Crippen LogP) is 0.652. The van der Waals surface area contributed by atoms with E-state index >= 15 is 0 Å². The molecule has 1 rings (SSSR count). The lowest BCUT2D eigenvalue weighted by molar-refractivity contribution is -0.152. The standard InChI is InChI=1S/C5H7F3N2O/c6-5(7,8)3-1-2-11-4(9)10-3/h3H,1-2H2,(H2,9,10). The Balaban J connectivity index is 2.67. The second-order valence-corrected chi connectivity index (χ2v) is 2.16. The summed E-state index contributed by atoms with van der Waals surface area (Å²) in [6.45, 7) is -0.0144. The summed E-state index contributed by atoms with van der Waals surface area (Å²) in [7, 11) is 0. The normalized spacial score (nSPS) is 25.7. The largest absolute Gasteiger partial charge is 0.465 e. The molecular weight excluding hydrogens is 161 g/mol. The van der Waals surface area contributed by atoms with Crippen molar-refractivity contribution in [3.05, 3.63) is 0 Å². The molecule has 0 bridgehead atoms. The first-order valence-electron chi connectivity index (χ1n) is 3.03. The third kappa shape index (κ3) is 1.99. The molecule has 1 aliphatic rings. The zero-order valence-corrected chi connectivity index (χ0v) is 5.56. The topological polar surface area (TPSA) is 47.6 Å². The van der Waals surface area contributed by atoms with Crippen LogP contribution in [-0.2, 0) is 4.74 Å². The fourth-order valence-corrected chi connectivity index (χ4v) is 0.767. The Labute approximate surface area is 61.0 Å². The van der Waals surface area contributed by atoms with E-state index in [-0.39, 0.29) is 19.0 Å². The van der Waals surface area contributed by atoms with E-state index in [0.29, 0.717) is 0 Å². The van der Waals surface area contributed by atoms with E-state index in [4.69, 9.17) is 5.73 Å². The van der Waals surface area contributed by atoms with Gasteiger partial charge in [-0.3, -0.25) is 0 Å². The Bertz CT molecular complexity index is 177. The van der Waals surface area contributed by atoms with Crippen LogP contribution < -0.4 is 5.73 Å². The van der Waals surface area contributed by atoms with Crippen LogP contribution in [0.3, 0.4) is 0 Å². The van der Waals surface area contributed by atoms with Crippen molar-refractivity contribution in [3.8, 4) is 0 Å². The molecule has 3 nitrogen and oxygen atoms in total. The Morgan fingerprint density at radius 3 is 2.55 bits per heavy atom. The first kappa shape index (κ1) is 8.16. The van der Waals surface area contributed by atoms with E-state index in [9.17, 15) is 13.2 Å². The smallest absolute Gasteiger partial charge is 0.411 e. The minimum Gasteiger partial charge on any atom is -0.465 e. The van der Waals surface area contributed by atoms with Crippen LogP contribution in [0, 0.1) is 0 Å². The molecule has 0 aliphatic carbocycles. The average Bonchev–Trinajstić information content (AvgIpc) is 1.86.